The molecule has 1 rings (SSSR count). The van der Waals surface area contributed by atoms with Crippen molar-refractivity contribution in [3.63, 3.8) is 0 Å². The van der Waals surface area contributed by atoms with Gasteiger partial charge in [-0.2, -0.15) is 5.10 Å². The van der Waals surface area contributed by atoms with Gasteiger partial charge in [-0.05, 0) is 20.3 Å². The van der Waals surface area contributed by atoms with Crippen molar-refractivity contribution in [2.45, 2.75) is 32.7 Å². The van der Waals surface area contributed by atoms with Gasteiger partial charge < -0.3 is 15.8 Å². The number of rotatable bonds is 7. The van der Waals surface area contributed by atoms with Crippen LogP contribution >= 0.6 is 0 Å². The summed E-state index contributed by atoms with van der Waals surface area (Å²) in [5.74, 6) is 0.564. The van der Waals surface area contributed by atoms with Crippen molar-refractivity contribution < 1.29 is 9.53 Å². The number of aromatic nitrogens is 2. The molecule has 0 saturated carbocycles. The molecule has 0 unspecified atom stereocenters. The maximum absolute atomic E-state index is 12.0. The van der Waals surface area contributed by atoms with Gasteiger partial charge in [0.1, 0.15) is 12.1 Å². The van der Waals surface area contributed by atoms with Crippen molar-refractivity contribution in [1.82, 2.24) is 15.1 Å². The van der Waals surface area contributed by atoms with E-state index in [0.29, 0.717) is 25.4 Å². The Morgan fingerprint density at radius 1 is 1.61 bits per heavy atom. The van der Waals surface area contributed by atoms with Crippen molar-refractivity contribution in [3.8, 4) is 5.75 Å². The molecule has 18 heavy (non-hydrogen) atoms. The Morgan fingerprint density at radius 2 is 2.33 bits per heavy atom. The number of nitrogens with two attached hydrogens (primary N) is 1. The second-order valence-corrected chi connectivity index (χ2v) is 4.57. The van der Waals surface area contributed by atoms with Crippen LogP contribution in [-0.2, 0) is 10.3 Å². The summed E-state index contributed by atoms with van der Waals surface area (Å²) >= 11 is 0. The minimum atomic E-state index is -0.737. The van der Waals surface area contributed by atoms with Crippen LogP contribution in [0.25, 0.3) is 0 Å². The van der Waals surface area contributed by atoms with Gasteiger partial charge in [0.15, 0.2) is 5.75 Å². The number of hydrogen-bond acceptors (Lipinski definition) is 4. The molecule has 0 aromatic carbocycles. The number of ether oxygens (including phenoxy) is 1. The highest BCUT2D eigenvalue weighted by molar-refractivity contribution is 5.83. The molecule has 0 aliphatic rings. The van der Waals surface area contributed by atoms with Crippen LogP contribution in [-0.4, -0.2) is 35.4 Å². The molecule has 0 saturated heterocycles. The normalized spacial score (nSPS) is 11.3. The Morgan fingerprint density at radius 3 is 2.94 bits per heavy atom. The molecule has 0 radical (unpaired) electrons. The van der Waals surface area contributed by atoms with Crippen LogP contribution in [0.3, 0.4) is 0 Å². The second kappa shape index (κ2) is 6.39. The lowest BCUT2D eigenvalue weighted by Gasteiger charge is -2.23. The van der Waals surface area contributed by atoms with Crippen molar-refractivity contribution in [1.29, 1.82) is 0 Å². The first-order valence-electron chi connectivity index (χ1n) is 6.18. The first-order valence-corrected chi connectivity index (χ1v) is 6.18. The fourth-order valence-electron chi connectivity index (χ4n) is 1.42. The molecule has 1 aromatic rings. The molecule has 0 spiro atoms. The van der Waals surface area contributed by atoms with E-state index < -0.39 is 5.54 Å². The van der Waals surface area contributed by atoms with Crippen LogP contribution in [0.1, 0.15) is 27.2 Å². The molecule has 6 heteroatoms. The van der Waals surface area contributed by atoms with Gasteiger partial charge in [0.2, 0.25) is 5.91 Å². The zero-order valence-corrected chi connectivity index (χ0v) is 11.3. The van der Waals surface area contributed by atoms with Crippen molar-refractivity contribution in [2.24, 2.45) is 5.73 Å². The maximum Gasteiger partial charge on any atom is 0.247 e. The molecule has 0 aliphatic heterocycles. The van der Waals surface area contributed by atoms with E-state index in [0.717, 1.165) is 6.42 Å². The van der Waals surface area contributed by atoms with Crippen LogP contribution in [0.4, 0.5) is 0 Å². The fourth-order valence-corrected chi connectivity index (χ4v) is 1.42. The molecule has 0 bridgehead atoms. The zero-order chi connectivity index (χ0) is 13.6. The topological polar surface area (TPSA) is 82.2 Å². The largest absolute Gasteiger partial charge is 0.489 e. The average molecular weight is 254 g/mol. The van der Waals surface area contributed by atoms with Crippen LogP contribution in [0.2, 0.25) is 0 Å². The summed E-state index contributed by atoms with van der Waals surface area (Å²) in [5, 5.41) is 7.02. The van der Waals surface area contributed by atoms with E-state index in [9.17, 15) is 4.79 Å². The number of hydrogen-bond donors (Lipinski definition) is 2. The summed E-state index contributed by atoms with van der Waals surface area (Å²) in [6.45, 7) is 7.20. The summed E-state index contributed by atoms with van der Waals surface area (Å²) in [6, 6.07) is 0. The molecule has 0 aliphatic carbocycles. The lowest BCUT2D eigenvalue weighted by Crippen LogP contribution is -2.44. The Bertz CT molecular complexity index is 387. The number of carbonyl (C=O) groups excluding carboxylic acids is 1. The van der Waals surface area contributed by atoms with Gasteiger partial charge >= 0.3 is 0 Å². The first kappa shape index (κ1) is 14.5. The summed E-state index contributed by atoms with van der Waals surface area (Å²) in [4.78, 5) is 12.0. The summed E-state index contributed by atoms with van der Waals surface area (Å²) in [7, 11) is 0. The predicted octanol–water partition coefficient (Wildman–Crippen LogP) is 0.482. The molecule has 102 valence electrons. The van der Waals surface area contributed by atoms with E-state index in [1.165, 1.54) is 0 Å². The van der Waals surface area contributed by atoms with Crippen LogP contribution in [0, 0.1) is 0 Å². The zero-order valence-electron chi connectivity index (χ0n) is 11.3. The van der Waals surface area contributed by atoms with Crippen molar-refractivity contribution in [3.05, 3.63) is 12.4 Å². The Balaban J connectivity index is 2.71. The molecule has 1 aromatic heterocycles. The Kier molecular flexibility index (Phi) is 5.15. The molecule has 1 heterocycles. The SMILES string of the molecule is CCCNC(=O)C(C)(C)n1cc(OCCN)cn1. The number of nitrogens with zero attached hydrogens (tertiary/aromatic N) is 2. The number of amides is 1. The molecular formula is C12H22N4O2. The van der Waals surface area contributed by atoms with Crippen LogP contribution in [0.15, 0.2) is 12.4 Å². The van der Waals surface area contributed by atoms with E-state index >= 15 is 0 Å². The predicted molar refractivity (Wildman–Crippen MR) is 69.4 cm³/mol. The number of carbonyl (C=O) groups is 1. The third-order valence-corrected chi connectivity index (χ3v) is 2.61. The highest BCUT2D eigenvalue weighted by atomic mass is 16.5. The number of nitrogens with one attached hydrogen (secondary N) is 1. The van der Waals surface area contributed by atoms with Gasteiger partial charge in [-0.1, -0.05) is 6.92 Å². The van der Waals surface area contributed by atoms with E-state index in [2.05, 4.69) is 10.4 Å². The van der Waals surface area contributed by atoms with E-state index in [4.69, 9.17) is 10.5 Å². The van der Waals surface area contributed by atoms with Gasteiger partial charge in [0.05, 0.1) is 12.4 Å². The molecule has 6 nitrogen and oxygen atoms in total. The Labute approximate surface area is 107 Å². The smallest absolute Gasteiger partial charge is 0.247 e. The molecule has 0 fully saturated rings. The molecule has 3 N–H and O–H groups in total. The quantitative estimate of drug-likeness (QED) is 0.741. The van der Waals surface area contributed by atoms with Crippen molar-refractivity contribution >= 4 is 5.91 Å². The monoisotopic (exact) mass is 254 g/mol. The van der Waals surface area contributed by atoms with Gasteiger partial charge in [0, 0.05) is 13.1 Å². The first-order chi connectivity index (χ1) is 8.52. The van der Waals surface area contributed by atoms with E-state index in [-0.39, 0.29) is 5.91 Å². The fraction of sp³-hybridized carbons (Fsp3) is 0.667. The molecule has 0 atom stereocenters. The van der Waals surface area contributed by atoms with Gasteiger partial charge in [-0.3, -0.25) is 9.48 Å². The van der Waals surface area contributed by atoms with Gasteiger partial charge in [0.25, 0.3) is 0 Å². The highest BCUT2D eigenvalue weighted by Gasteiger charge is 2.30. The third kappa shape index (κ3) is 3.46. The molecular weight excluding hydrogens is 232 g/mol. The van der Waals surface area contributed by atoms with Crippen LogP contribution in [0.5, 0.6) is 5.75 Å². The lowest BCUT2D eigenvalue weighted by atomic mass is 10.1. The van der Waals surface area contributed by atoms with Gasteiger partial charge in [-0.15, -0.1) is 0 Å². The minimum absolute atomic E-state index is 0.0576. The lowest BCUT2D eigenvalue weighted by molar-refractivity contribution is -0.128. The summed E-state index contributed by atoms with van der Waals surface area (Å²) in [5.41, 5.74) is 4.62. The van der Waals surface area contributed by atoms with Crippen molar-refractivity contribution in [2.75, 3.05) is 19.7 Å². The maximum atomic E-state index is 12.0. The van der Waals surface area contributed by atoms with Crippen LogP contribution < -0.4 is 15.8 Å². The second-order valence-electron chi connectivity index (χ2n) is 4.57. The third-order valence-electron chi connectivity index (χ3n) is 2.61. The highest BCUT2D eigenvalue weighted by Crippen LogP contribution is 2.18. The van der Waals surface area contributed by atoms with E-state index in [1.54, 1.807) is 17.1 Å². The van der Waals surface area contributed by atoms with E-state index in [1.807, 2.05) is 20.8 Å². The minimum Gasteiger partial charge on any atom is -0.489 e. The van der Waals surface area contributed by atoms with Gasteiger partial charge in [-0.25, -0.2) is 0 Å². The summed E-state index contributed by atoms with van der Waals surface area (Å²) in [6.07, 6.45) is 4.21. The standard InChI is InChI=1S/C12H22N4O2/c1-4-6-14-11(17)12(2,3)16-9-10(8-15-16)18-7-5-13/h8-9H,4-7,13H2,1-3H3,(H,14,17). The molecule has 1 amide bonds. The average Bonchev–Trinajstić information content (AvgIpc) is 2.82. The summed E-state index contributed by atoms with van der Waals surface area (Å²) < 4.78 is 6.95. The Hall–Kier alpha value is -1.56.